The molecule has 0 aromatic carbocycles. The van der Waals surface area contributed by atoms with Crippen LogP contribution in [0.1, 0.15) is 228 Å². The summed E-state index contributed by atoms with van der Waals surface area (Å²) < 4.78 is 47.6. The SMILES string of the molecule is CCCCCCCCC(CCCCCCCC)OC(=O)CN.CCCCCCCCC(CCCCCCCC)OC(=O)CNC(=O)OC(C)(C)C.O=CC(F)(F)F. The van der Waals surface area contributed by atoms with Crippen LogP contribution in [0.25, 0.3) is 0 Å². The lowest BCUT2D eigenvalue weighted by molar-refractivity contribution is -0.156. The van der Waals surface area contributed by atoms with E-state index in [4.69, 9.17) is 24.7 Å². The summed E-state index contributed by atoms with van der Waals surface area (Å²) >= 11 is 0. The molecule has 0 aliphatic heterocycles. The molecule has 0 radical (unpaired) electrons. The lowest BCUT2D eigenvalue weighted by atomic mass is 10.0. The Morgan fingerprint density at radius 2 is 0.825 bits per heavy atom. The number of carbonyl (C=O) groups is 4. The van der Waals surface area contributed by atoms with Gasteiger partial charge >= 0.3 is 24.2 Å². The number of hydrogen-bond acceptors (Lipinski definition) is 8. The van der Waals surface area contributed by atoms with Crippen LogP contribution in [0.4, 0.5) is 18.0 Å². The smallest absolute Gasteiger partial charge is 0.446 e. The van der Waals surface area contributed by atoms with E-state index < -0.39 is 24.2 Å². The van der Waals surface area contributed by atoms with Gasteiger partial charge in [0.15, 0.2) is 0 Å². The Kier molecular flexibility index (Phi) is 43.2. The largest absolute Gasteiger partial charge is 0.461 e. The van der Waals surface area contributed by atoms with E-state index in [0.717, 1.165) is 38.5 Å². The van der Waals surface area contributed by atoms with Crippen molar-refractivity contribution in [3.8, 4) is 0 Å². The van der Waals surface area contributed by atoms with Gasteiger partial charge in [0.1, 0.15) is 24.4 Å². The number of halogens is 3. The van der Waals surface area contributed by atoms with Crippen LogP contribution in [0.15, 0.2) is 0 Å². The predicted octanol–water partition coefficient (Wildman–Crippen LogP) is 13.0. The number of alkyl halides is 3. The minimum absolute atomic E-state index is 0.00347. The minimum atomic E-state index is -4.64. The van der Waals surface area contributed by atoms with Gasteiger partial charge in [-0.05, 0) is 72.1 Å². The van der Waals surface area contributed by atoms with Crippen LogP contribution >= 0.6 is 0 Å². The third kappa shape index (κ3) is 51.6. The van der Waals surface area contributed by atoms with Gasteiger partial charge in [0, 0.05) is 0 Å². The fraction of sp³-hybridized carbons (Fsp3) is 0.911. The molecule has 0 saturated heterocycles. The lowest BCUT2D eigenvalue weighted by Gasteiger charge is -2.21. The second kappa shape index (κ2) is 41.8. The van der Waals surface area contributed by atoms with Gasteiger partial charge in [-0.15, -0.1) is 0 Å². The Bertz CT molecular complexity index is 898. The summed E-state index contributed by atoms with van der Waals surface area (Å²) in [6.07, 6.45) is 27.8. The Morgan fingerprint density at radius 3 is 1.09 bits per heavy atom. The van der Waals surface area contributed by atoms with Crippen LogP contribution in [-0.2, 0) is 28.6 Å². The molecule has 1 amide bonds. The van der Waals surface area contributed by atoms with Crippen molar-refractivity contribution in [2.75, 3.05) is 13.1 Å². The van der Waals surface area contributed by atoms with Gasteiger partial charge in [-0.25, -0.2) is 4.79 Å². The number of hydrogen-bond donors (Lipinski definition) is 2. The van der Waals surface area contributed by atoms with E-state index in [0.29, 0.717) is 0 Å². The molecule has 0 atom stereocenters. The van der Waals surface area contributed by atoms with E-state index in [1.165, 1.54) is 141 Å². The van der Waals surface area contributed by atoms with Crippen molar-refractivity contribution in [2.45, 2.75) is 252 Å². The van der Waals surface area contributed by atoms with Crippen molar-refractivity contribution in [1.29, 1.82) is 0 Å². The fourth-order valence-electron chi connectivity index (χ4n) is 6.05. The zero-order chi connectivity index (χ0) is 43.6. The maximum atomic E-state index is 12.2. The zero-order valence-corrected chi connectivity index (χ0v) is 37.5. The molecule has 0 aromatic heterocycles. The molecular formula is C45H87F3N2O7. The molecule has 0 aromatic rings. The van der Waals surface area contributed by atoms with Gasteiger partial charge in [-0.2, -0.15) is 13.2 Å². The van der Waals surface area contributed by atoms with Crippen LogP contribution in [0, 0.1) is 0 Å². The molecule has 0 aliphatic carbocycles. The number of ether oxygens (including phenoxy) is 3. The lowest BCUT2D eigenvalue weighted by Crippen LogP contribution is -2.37. The summed E-state index contributed by atoms with van der Waals surface area (Å²) in [5, 5.41) is 2.49. The zero-order valence-electron chi connectivity index (χ0n) is 37.5. The molecule has 0 spiro atoms. The fourth-order valence-corrected chi connectivity index (χ4v) is 6.05. The van der Waals surface area contributed by atoms with E-state index in [-0.39, 0.29) is 37.2 Å². The molecule has 0 fully saturated rings. The summed E-state index contributed by atoms with van der Waals surface area (Å²) in [5.74, 6) is -0.625. The molecule has 0 unspecified atom stereocenters. The van der Waals surface area contributed by atoms with Crippen molar-refractivity contribution in [3.63, 3.8) is 0 Å². The van der Waals surface area contributed by atoms with E-state index >= 15 is 0 Å². The number of nitrogens with two attached hydrogens (primary N) is 1. The second-order valence-electron chi connectivity index (χ2n) is 16.2. The molecule has 0 heterocycles. The van der Waals surface area contributed by atoms with Crippen molar-refractivity contribution in [1.82, 2.24) is 5.32 Å². The van der Waals surface area contributed by atoms with Gasteiger partial charge in [0.05, 0.1) is 6.54 Å². The molecule has 0 rings (SSSR count). The highest BCUT2D eigenvalue weighted by atomic mass is 19.4. The van der Waals surface area contributed by atoms with Gasteiger partial charge < -0.3 is 25.3 Å². The highest BCUT2D eigenvalue weighted by Gasteiger charge is 2.25. The van der Waals surface area contributed by atoms with Crippen LogP contribution < -0.4 is 11.1 Å². The van der Waals surface area contributed by atoms with E-state index in [9.17, 15) is 27.6 Å². The van der Waals surface area contributed by atoms with Crippen molar-refractivity contribution in [3.05, 3.63) is 0 Å². The quantitative estimate of drug-likeness (QED) is 0.0289. The molecule has 340 valence electrons. The highest BCUT2D eigenvalue weighted by Crippen LogP contribution is 2.19. The standard InChI is InChI=1S/C24H47NO4.C19H39NO2.C2HF3O/c1-6-8-10-12-14-16-18-21(19-17-15-13-11-9-7-2)28-22(26)20-25-23(27)29-24(3,4)5;1-3-5-7-9-11-13-15-18(22-19(21)17-20)16-14-12-10-8-6-4-2;3-2(4,5)1-6/h21H,6-20H2,1-5H3,(H,25,27);18H,3-17,20H2,1-2H3;1H. The Hall–Kier alpha value is -2.37. The van der Waals surface area contributed by atoms with Crippen LogP contribution in [0.2, 0.25) is 0 Å². The van der Waals surface area contributed by atoms with Gasteiger partial charge in [-0.3, -0.25) is 14.4 Å². The highest BCUT2D eigenvalue weighted by molar-refractivity contribution is 5.78. The van der Waals surface area contributed by atoms with Gasteiger partial charge in [-0.1, -0.05) is 156 Å². The molecule has 9 nitrogen and oxygen atoms in total. The first-order valence-electron chi connectivity index (χ1n) is 22.7. The van der Waals surface area contributed by atoms with Crippen molar-refractivity contribution in [2.24, 2.45) is 5.73 Å². The molecule has 0 bridgehead atoms. The predicted molar refractivity (Wildman–Crippen MR) is 227 cm³/mol. The first-order valence-corrected chi connectivity index (χ1v) is 22.7. The van der Waals surface area contributed by atoms with Crippen LogP contribution in [0.3, 0.4) is 0 Å². The number of rotatable bonds is 33. The topological polar surface area (TPSA) is 134 Å². The molecule has 12 heteroatoms. The average Bonchev–Trinajstić information content (AvgIpc) is 3.15. The normalized spacial score (nSPS) is 11.3. The van der Waals surface area contributed by atoms with Crippen LogP contribution in [-0.4, -0.2) is 61.4 Å². The molecular weight excluding hydrogens is 737 g/mol. The number of carbonyl (C=O) groups excluding carboxylic acids is 4. The molecule has 3 N–H and O–H groups in total. The molecule has 0 saturated carbocycles. The Balaban J connectivity index is -0.000000917. The average molecular weight is 825 g/mol. The van der Waals surface area contributed by atoms with E-state index in [1.807, 2.05) is 0 Å². The maximum absolute atomic E-state index is 12.2. The first-order chi connectivity index (χ1) is 27.1. The van der Waals surface area contributed by atoms with E-state index in [2.05, 4.69) is 33.0 Å². The Labute approximate surface area is 346 Å². The monoisotopic (exact) mass is 825 g/mol. The van der Waals surface area contributed by atoms with Crippen molar-refractivity contribution >= 4 is 24.3 Å². The van der Waals surface area contributed by atoms with Gasteiger partial charge in [0.25, 0.3) is 0 Å². The maximum Gasteiger partial charge on any atom is 0.446 e. The summed E-state index contributed by atoms with van der Waals surface area (Å²) in [6, 6.07) is 0. The van der Waals surface area contributed by atoms with Crippen molar-refractivity contribution < 1.29 is 46.6 Å². The number of esters is 2. The number of nitrogens with one attached hydrogen (secondary N) is 1. The van der Waals surface area contributed by atoms with Crippen LogP contribution in [0.5, 0.6) is 0 Å². The molecule has 0 aliphatic rings. The number of unbranched alkanes of at least 4 members (excludes halogenated alkanes) is 20. The number of alkyl carbamates (subject to hydrolysis) is 1. The Morgan fingerprint density at radius 1 is 0.544 bits per heavy atom. The van der Waals surface area contributed by atoms with E-state index in [1.54, 1.807) is 20.8 Å². The second-order valence-corrected chi connectivity index (χ2v) is 16.2. The summed E-state index contributed by atoms with van der Waals surface area (Å²) in [4.78, 5) is 44.0. The number of aldehydes is 1. The third-order valence-electron chi connectivity index (χ3n) is 9.19. The summed E-state index contributed by atoms with van der Waals surface area (Å²) in [7, 11) is 0. The minimum Gasteiger partial charge on any atom is -0.461 e. The van der Waals surface area contributed by atoms with Gasteiger partial charge in [0.2, 0.25) is 6.29 Å². The third-order valence-corrected chi connectivity index (χ3v) is 9.19. The first kappa shape index (κ1) is 58.9. The molecule has 57 heavy (non-hydrogen) atoms. The summed E-state index contributed by atoms with van der Waals surface area (Å²) in [5.41, 5.74) is 4.79. The summed E-state index contributed by atoms with van der Waals surface area (Å²) in [6.45, 7) is 14.2. The number of amides is 1.